The summed E-state index contributed by atoms with van der Waals surface area (Å²) < 4.78 is 19.3. The van der Waals surface area contributed by atoms with Gasteiger partial charge in [0.05, 0.1) is 17.9 Å². The first-order chi connectivity index (χ1) is 15.4. The third-order valence-electron chi connectivity index (χ3n) is 4.35. The molecule has 0 fully saturated rings. The molecular weight excluding hydrogens is 411 g/mol. The van der Waals surface area contributed by atoms with E-state index in [0.29, 0.717) is 11.5 Å². The molecule has 3 N–H and O–H groups in total. The van der Waals surface area contributed by atoms with E-state index in [4.69, 9.17) is 10.1 Å². The molecule has 1 aromatic heterocycles. The molecule has 0 unspecified atom stereocenters. The van der Waals surface area contributed by atoms with Crippen LogP contribution in [0.5, 0.6) is 11.5 Å². The summed E-state index contributed by atoms with van der Waals surface area (Å²) in [5.41, 5.74) is 0.372. The number of nitrogens with one attached hydrogen (secondary N) is 3. The number of ether oxygens (including phenoxy) is 1. The second-order valence-electron chi connectivity index (χ2n) is 6.77. The van der Waals surface area contributed by atoms with Crippen molar-refractivity contribution in [3.8, 4) is 11.5 Å². The summed E-state index contributed by atoms with van der Waals surface area (Å²) in [6, 6.07) is 16.0. The van der Waals surface area contributed by atoms with Gasteiger partial charge in [-0.25, -0.2) is 4.39 Å². The molecule has 0 bridgehead atoms. The highest BCUT2D eigenvalue weighted by atomic mass is 19.1. The van der Waals surface area contributed by atoms with Crippen LogP contribution < -0.4 is 15.4 Å². The molecule has 0 aliphatic rings. The lowest BCUT2D eigenvalue weighted by molar-refractivity contribution is -0.115. The van der Waals surface area contributed by atoms with Crippen molar-refractivity contribution < 1.29 is 18.7 Å². The van der Waals surface area contributed by atoms with E-state index in [-0.39, 0.29) is 5.69 Å². The second kappa shape index (κ2) is 10.6. The number of amides is 2. The van der Waals surface area contributed by atoms with Crippen LogP contribution in [0.15, 0.2) is 85.2 Å². The maximum Gasteiger partial charge on any atom is 0.269 e. The number of pyridine rings is 1. The van der Waals surface area contributed by atoms with Crippen molar-refractivity contribution in [3.05, 3.63) is 96.6 Å². The molecule has 8 heteroatoms. The average Bonchev–Trinajstić information content (AvgIpc) is 2.79. The highest BCUT2D eigenvalue weighted by molar-refractivity contribution is 6.42. The van der Waals surface area contributed by atoms with Gasteiger partial charge in [0.2, 0.25) is 5.91 Å². The third-order valence-corrected chi connectivity index (χ3v) is 4.35. The zero-order valence-electron chi connectivity index (χ0n) is 17.2. The predicted octanol–water partition coefficient (Wildman–Crippen LogP) is 4.40. The van der Waals surface area contributed by atoms with Crippen LogP contribution in [-0.4, -0.2) is 22.5 Å². The Morgan fingerprint density at radius 1 is 1.06 bits per heavy atom. The van der Waals surface area contributed by atoms with E-state index in [2.05, 4.69) is 15.6 Å². The number of benzene rings is 2. The van der Waals surface area contributed by atoms with E-state index in [0.717, 1.165) is 17.7 Å². The highest BCUT2D eigenvalue weighted by Gasteiger charge is 2.13. The fraction of sp³-hybridized carbons (Fsp3) is 0.0833. The minimum absolute atomic E-state index is 0.0140. The Balaban J connectivity index is 1.56. The summed E-state index contributed by atoms with van der Waals surface area (Å²) >= 11 is 0. The average molecular weight is 432 g/mol. The number of hydrogen-bond donors (Lipinski definition) is 3. The summed E-state index contributed by atoms with van der Waals surface area (Å²) in [4.78, 5) is 28.2. The molecule has 0 saturated heterocycles. The van der Waals surface area contributed by atoms with E-state index in [9.17, 15) is 14.0 Å². The fourth-order valence-corrected chi connectivity index (χ4v) is 2.72. The minimum atomic E-state index is -0.661. The van der Waals surface area contributed by atoms with Gasteiger partial charge < -0.3 is 15.4 Å². The maximum absolute atomic E-state index is 13.6. The Morgan fingerprint density at radius 3 is 2.59 bits per heavy atom. The lowest BCUT2D eigenvalue weighted by atomic mass is 10.1. The topological polar surface area (TPSA) is 104 Å². The molecule has 2 aromatic carbocycles. The summed E-state index contributed by atoms with van der Waals surface area (Å²) in [5.74, 6) is -0.726. The maximum atomic E-state index is 13.6. The van der Waals surface area contributed by atoms with Gasteiger partial charge >= 0.3 is 0 Å². The highest BCUT2D eigenvalue weighted by Crippen LogP contribution is 2.24. The van der Waals surface area contributed by atoms with Crippen molar-refractivity contribution in [2.45, 2.75) is 13.0 Å². The van der Waals surface area contributed by atoms with Crippen molar-refractivity contribution in [1.82, 2.24) is 10.3 Å². The number of para-hydroxylation sites is 1. The van der Waals surface area contributed by atoms with E-state index in [1.165, 1.54) is 18.2 Å². The van der Waals surface area contributed by atoms with Gasteiger partial charge in [-0.05, 0) is 55.0 Å². The Morgan fingerprint density at radius 2 is 1.84 bits per heavy atom. The lowest BCUT2D eigenvalue weighted by Crippen LogP contribution is -2.32. The molecule has 1 atom stereocenters. The van der Waals surface area contributed by atoms with Gasteiger partial charge in [-0.3, -0.25) is 20.0 Å². The molecule has 0 radical (unpaired) electrons. The zero-order valence-corrected chi connectivity index (χ0v) is 17.2. The van der Waals surface area contributed by atoms with E-state index < -0.39 is 29.4 Å². The van der Waals surface area contributed by atoms with Crippen LogP contribution >= 0.6 is 0 Å². The van der Waals surface area contributed by atoms with Crippen molar-refractivity contribution in [2.24, 2.45) is 0 Å². The van der Waals surface area contributed by atoms with Gasteiger partial charge in [0, 0.05) is 12.3 Å². The minimum Gasteiger partial charge on any atom is -0.456 e. The van der Waals surface area contributed by atoms with Crippen molar-refractivity contribution >= 4 is 23.2 Å². The number of carbonyl (C=O) groups is 2. The van der Waals surface area contributed by atoms with E-state index in [1.54, 1.807) is 55.7 Å². The first-order valence-corrected chi connectivity index (χ1v) is 9.73. The van der Waals surface area contributed by atoms with E-state index in [1.807, 2.05) is 6.07 Å². The lowest BCUT2D eigenvalue weighted by Gasteiger charge is -2.15. The molecule has 32 heavy (non-hydrogen) atoms. The predicted molar refractivity (Wildman–Crippen MR) is 119 cm³/mol. The number of aromatic nitrogens is 1. The van der Waals surface area contributed by atoms with Gasteiger partial charge in [-0.1, -0.05) is 24.3 Å². The monoisotopic (exact) mass is 432 g/mol. The SMILES string of the molecule is C[C@@H](NC(=O)C(=N)/C=C\C(=O)Nc1ccccc1F)c1cccc(Oc2cccnc2)c1. The Kier molecular flexibility index (Phi) is 7.42. The van der Waals surface area contributed by atoms with E-state index >= 15 is 0 Å². The van der Waals surface area contributed by atoms with Gasteiger partial charge in [0.1, 0.15) is 23.0 Å². The molecule has 3 rings (SSSR count). The number of anilines is 1. The van der Waals surface area contributed by atoms with Gasteiger partial charge in [-0.15, -0.1) is 0 Å². The van der Waals surface area contributed by atoms with Crippen LogP contribution in [0, 0.1) is 11.2 Å². The van der Waals surface area contributed by atoms with Crippen LogP contribution in [0.2, 0.25) is 0 Å². The zero-order chi connectivity index (χ0) is 22.9. The van der Waals surface area contributed by atoms with Gasteiger partial charge in [0.15, 0.2) is 0 Å². The van der Waals surface area contributed by atoms with Crippen molar-refractivity contribution in [3.63, 3.8) is 0 Å². The summed E-state index contributed by atoms with van der Waals surface area (Å²) in [5, 5.41) is 12.9. The largest absolute Gasteiger partial charge is 0.456 e. The molecule has 162 valence electrons. The van der Waals surface area contributed by atoms with Gasteiger partial charge in [-0.2, -0.15) is 0 Å². The Labute approximate surface area is 184 Å². The quantitative estimate of drug-likeness (QED) is 0.362. The molecule has 0 spiro atoms. The molecule has 7 nitrogen and oxygen atoms in total. The van der Waals surface area contributed by atoms with Crippen LogP contribution in [-0.2, 0) is 9.59 Å². The molecule has 0 aliphatic carbocycles. The summed E-state index contributed by atoms with van der Waals surface area (Å²) in [6.07, 6.45) is 5.29. The van der Waals surface area contributed by atoms with Crippen LogP contribution in [0.25, 0.3) is 0 Å². The van der Waals surface area contributed by atoms with Crippen LogP contribution in [0.4, 0.5) is 10.1 Å². The first kappa shape index (κ1) is 22.4. The molecule has 2 amide bonds. The number of nitrogens with zero attached hydrogens (tertiary/aromatic N) is 1. The normalized spacial score (nSPS) is 11.6. The molecule has 0 saturated carbocycles. The molecule has 1 heterocycles. The Bertz CT molecular complexity index is 1150. The Hall–Kier alpha value is -4.33. The smallest absolute Gasteiger partial charge is 0.269 e. The fourth-order valence-electron chi connectivity index (χ4n) is 2.72. The summed E-state index contributed by atoms with van der Waals surface area (Å²) in [7, 11) is 0. The van der Waals surface area contributed by atoms with Gasteiger partial charge in [0.25, 0.3) is 5.91 Å². The second-order valence-corrected chi connectivity index (χ2v) is 6.77. The third kappa shape index (κ3) is 6.33. The number of halogens is 1. The molecule has 3 aromatic rings. The number of hydrogen-bond acceptors (Lipinski definition) is 5. The van der Waals surface area contributed by atoms with Crippen molar-refractivity contribution in [2.75, 3.05) is 5.32 Å². The standard InChI is InChI=1S/C24H21FN4O3/c1-16(17-6-4-7-18(14-17)32-19-8-5-13-27-15-19)28-24(31)21(26)11-12-23(30)29-22-10-3-2-9-20(22)25/h2-16,26H,1H3,(H,28,31)(H,29,30)/b12-11-,26-21?/t16-/m1/s1. The summed E-state index contributed by atoms with van der Waals surface area (Å²) in [6.45, 7) is 1.77. The van der Waals surface area contributed by atoms with Crippen LogP contribution in [0.1, 0.15) is 18.5 Å². The first-order valence-electron chi connectivity index (χ1n) is 9.73. The van der Waals surface area contributed by atoms with Crippen LogP contribution in [0.3, 0.4) is 0 Å². The molecular formula is C24H21FN4O3. The number of carbonyl (C=O) groups excluding carboxylic acids is 2. The van der Waals surface area contributed by atoms with Crippen molar-refractivity contribution in [1.29, 1.82) is 5.41 Å². The molecule has 0 aliphatic heterocycles. The number of rotatable bonds is 8.